The quantitative estimate of drug-likeness (QED) is 0.142. The van der Waals surface area contributed by atoms with Gasteiger partial charge in [-0.15, -0.1) is 11.3 Å². The molecule has 4 aromatic carbocycles. The molecule has 9 nitrogen and oxygen atoms in total. The lowest BCUT2D eigenvalue weighted by molar-refractivity contribution is 0.0820. The van der Waals surface area contributed by atoms with E-state index in [1.165, 1.54) is 36.9 Å². The van der Waals surface area contributed by atoms with Crippen molar-refractivity contribution in [2.45, 2.75) is 125 Å². The number of carbonyl (C=O) groups excluding carboxylic acids is 2. The van der Waals surface area contributed by atoms with Crippen LogP contribution >= 0.6 is 22.9 Å². The number of methoxy groups -OCH3 is 1. The number of benzene rings is 4. The molecule has 0 fully saturated rings. The minimum atomic E-state index is -0.104. The lowest BCUT2D eigenvalue weighted by Crippen LogP contribution is -2.21. The lowest BCUT2D eigenvalue weighted by atomic mass is 9.88. The topological polar surface area (TPSA) is 97.8 Å². The molecule has 0 bridgehead atoms. The first-order chi connectivity index (χ1) is 37.3. The van der Waals surface area contributed by atoms with Gasteiger partial charge in [0.25, 0.3) is 11.8 Å². The molecule has 0 saturated carbocycles. The third-order valence-corrected chi connectivity index (χ3v) is 14.7. The van der Waals surface area contributed by atoms with Gasteiger partial charge in [0.1, 0.15) is 11.5 Å². The first-order valence-electron chi connectivity index (χ1n) is 27.1. The second-order valence-electron chi connectivity index (χ2n) is 24.6. The Bertz CT molecular complexity index is 3230. The molecule has 0 spiro atoms. The van der Waals surface area contributed by atoms with Crippen molar-refractivity contribution in [3.63, 3.8) is 0 Å². The van der Waals surface area contributed by atoms with E-state index < -0.39 is 0 Å². The molecule has 0 aliphatic carbocycles. The Morgan fingerprint density at radius 3 is 1.23 bits per heavy atom. The smallest absolute Gasteiger partial charge is 0.254 e. The molecule has 0 aliphatic heterocycles. The van der Waals surface area contributed by atoms with Gasteiger partial charge in [0.2, 0.25) is 0 Å². The van der Waals surface area contributed by atoms with Gasteiger partial charge in [-0.2, -0.15) is 0 Å². The Morgan fingerprint density at radius 1 is 0.475 bits per heavy atom. The van der Waals surface area contributed by atoms with Crippen LogP contribution in [0.25, 0.3) is 44.2 Å². The molecule has 11 heteroatoms. The Hall–Kier alpha value is -7.14. The molecular formula is C69H84ClN5O4S. The van der Waals surface area contributed by atoms with Gasteiger partial charge in [-0.1, -0.05) is 131 Å². The molecule has 0 N–H and O–H groups in total. The van der Waals surface area contributed by atoms with Gasteiger partial charge in [0.05, 0.1) is 40.9 Å². The van der Waals surface area contributed by atoms with Crippen LogP contribution in [-0.2, 0) is 21.7 Å². The summed E-state index contributed by atoms with van der Waals surface area (Å²) in [5.74, 6) is 1.71. The summed E-state index contributed by atoms with van der Waals surface area (Å²) in [6.07, 6.45) is 5.98. The zero-order valence-corrected chi connectivity index (χ0v) is 52.3. The number of aromatic nitrogens is 3. The monoisotopic (exact) mass is 1110 g/mol. The number of amides is 2. The molecule has 0 unspecified atom stereocenters. The van der Waals surface area contributed by atoms with Crippen molar-refractivity contribution in [1.29, 1.82) is 0 Å². The average Bonchev–Trinajstić information content (AvgIpc) is 3.93. The molecule has 0 atom stereocenters. The number of nitrogens with zero attached hydrogens (tertiary/aromatic N) is 5. The molecule has 0 radical (unpaired) electrons. The predicted octanol–water partition coefficient (Wildman–Crippen LogP) is 17.7. The van der Waals surface area contributed by atoms with E-state index in [1.54, 1.807) is 52.3 Å². The van der Waals surface area contributed by atoms with Gasteiger partial charge < -0.3 is 19.3 Å². The number of pyridine rings is 3. The Morgan fingerprint density at radius 2 is 0.875 bits per heavy atom. The van der Waals surface area contributed by atoms with Gasteiger partial charge in [-0.05, 0) is 161 Å². The fourth-order valence-corrected chi connectivity index (χ4v) is 9.11. The summed E-state index contributed by atoms with van der Waals surface area (Å²) < 4.78 is 10.8. The van der Waals surface area contributed by atoms with Crippen molar-refractivity contribution >= 4 is 34.8 Å². The van der Waals surface area contributed by atoms with Gasteiger partial charge >= 0.3 is 0 Å². The van der Waals surface area contributed by atoms with Gasteiger partial charge in [-0.3, -0.25) is 24.5 Å². The third-order valence-electron chi connectivity index (χ3n) is 12.9. The Balaban J connectivity index is 0.000000197. The van der Waals surface area contributed by atoms with E-state index >= 15 is 0 Å². The average molecular weight is 1110 g/mol. The van der Waals surface area contributed by atoms with Crippen molar-refractivity contribution in [1.82, 2.24) is 24.8 Å². The number of thiophene rings is 1. The summed E-state index contributed by atoms with van der Waals surface area (Å²) in [7, 11) is 8.61. The van der Waals surface area contributed by atoms with Gasteiger partial charge in [0.15, 0.2) is 0 Å². The second kappa shape index (κ2) is 27.3. The number of hydrogen-bond acceptors (Lipinski definition) is 8. The standard InChI is InChI=1S/C18H21ClN2O.C18H22N2O.C18H23NO.C15H18OS/c1-18(2,3)13-7-9-16(20-11-13)12-6-8-14(15(19)10-12)17(22)21(4)5;1-18(2,3)15-10-11-16(19-12-15)13-6-8-14(9-7-13)17(21)20(4)5;1-13(2)20-16-9-6-14(7-10-16)17-11-8-15(12-19-17)18(3,4)5;1-15(2,3)14-10-9-13(17-14)11-5-7-12(16-4)8-6-11/h6-11H,1-5H3;6-12H,1-5H3;6-13H,1-5H3;5-10H,1-4H3. The van der Waals surface area contributed by atoms with Crippen LogP contribution in [0.5, 0.6) is 11.5 Å². The van der Waals surface area contributed by atoms with Gasteiger partial charge in [0, 0.05) is 78.8 Å². The molecule has 2 amide bonds. The highest BCUT2D eigenvalue weighted by Gasteiger charge is 2.19. The van der Waals surface area contributed by atoms with E-state index in [1.807, 2.05) is 111 Å². The van der Waals surface area contributed by atoms with Crippen LogP contribution in [0.1, 0.15) is 139 Å². The Kier molecular flexibility index (Phi) is 21.8. The fourth-order valence-electron chi connectivity index (χ4n) is 7.78. The number of carbonyl (C=O) groups is 2. The van der Waals surface area contributed by atoms with E-state index in [-0.39, 0.29) is 39.6 Å². The maximum Gasteiger partial charge on any atom is 0.254 e. The van der Waals surface area contributed by atoms with Crippen LogP contribution in [-0.4, -0.2) is 78.0 Å². The van der Waals surface area contributed by atoms with Gasteiger partial charge in [-0.25, -0.2) is 0 Å². The van der Waals surface area contributed by atoms with Crippen molar-refractivity contribution in [3.8, 4) is 55.7 Å². The molecule has 80 heavy (non-hydrogen) atoms. The number of rotatable bonds is 9. The van der Waals surface area contributed by atoms with Crippen LogP contribution in [0.2, 0.25) is 5.02 Å². The Labute approximate surface area is 487 Å². The molecule has 8 aromatic rings. The van der Waals surface area contributed by atoms with E-state index in [2.05, 4.69) is 159 Å². The first-order valence-corrected chi connectivity index (χ1v) is 28.3. The van der Waals surface area contributed by atoms with Crippen molar-refractivity contribution in [2.24, 2.45) is 0 Å². The molecule has 4 aromatic heterocycles. The zero-order chi connectivity index (χ0) is 59.3. The summed E-state index contributed by atoms with van der Waals surface area (Å²) in [6, 6.07) is 46.2. The van der Waals surface area contributed by atoms with Crippen molar-refractivity contribution < 1.29 is 19.1 Å². The normalized spacial score (nSPS) is 11.5. The number of hydrogen-bond donors (Lipinski definition) is 0. The van der Waals surface area contributed by atoms with Crippen LogP contribution < -0.4 is 9.47 Å². The SMILES string of the molecule is CC(C)Oc1ccc(-c2ccc(C(C)(C)C)cn2)cc1.CN(C)C(=O)c1ccc(-c2ccc(C(C)(C)C)cn2)cc1.CN(C)C(=O)c1ccc(-c2ccc(C(C)(C)C)cn2)cc1Cl.COc1ccc(-c2ccc(C(C)(C)C)s2)cc1. The van der Waals surface area contributed by atoms with Crippen LogP contribution in [0.15, 0.2) is 158 Å². The molecule has 4 heterocycles. The van der Waals surface area contributed by atoms with E-state index in [9.17, 15) is 9.59 Å². The molecular weight excluding hydrogens is 1030 g/mol. The highest BCUT2D eigenvalue weighted by Crippen LogP contribution is 2.36. The number of ether oxygens (including phenoxy) is 2. The molecule has 0 aliphatic rings. The maximum absolute atomic E-state index is 12.0. The second-order valence-corrected chi connectivity index (χ2v) is 26.0. The summed E-state index contributed by atoms with van der Waals surface area (Å²) >= 11 is 8.11. The molecule has 8 rings (SSSR count). The van der Waals surface area contributed by atoms with E-state index in [0.29, 0.717) is 16.1 Å². The van der Waals surface area contributed by atoms with Crippen molar-refractivity contribution in [3.05, 3.63) is 196 Å². The van der Waals surface area contributed by atoms with Crippen LogP contribution in [0.3, 0.4) is 0 Å². The fraction of sp³-hybridized carbons (Fsp3) is 0.348. The van der Waals surface area contributed by atoms with Crippen molar-refractivity contribution in [2.75, 3.05) is 35.3 Å². The molecule has 0 saturated heterocycles. The first kappa shape index (κ1) is 63.7. The van der Waals surface area contributed by atoms with Crippen LogP contribution in [0, 0.1) is 0 Å². The van der Waals surface area contributed by atoms with Crippen LogP contribution in [0.4, 0.5) is 0 Å². The zero-order valence-electron chi connectivity index (χ0n) is 50.7. The summed E-state index contributed by atoms with van der Waals surface area (Å²) in [4.78, 5) is 43.3. The third kappa shape index (κ3) is 18.5. The largest absolute Gasteiger partial charge is 0.497 e. The minimum Gasteiger partial charge on any atom is -0.497 e. The number of halogens is 1. The summed E-state index contributed by atoms with van der Waals surface area (Å²) in [5.41, 5.74) is 12.4. The van der Waals surface area contributed by atoms with E-state index in [4.69, 9.17) is 21.1 Å². The van der Waals surface area contributed by atoms with E-state index in [0.717, 1.165) is 45.3 Å². The summed E-state index contributed by atoms with van der Waals surface area (Å²) in [5, 5.41) is 0.442. The lowest BCUT2D eigenvalue weighted by Gasteiger charge is -2.18. The molecule has 422 valence electrons. The minimum absolute atomic E-state index is 0.0117. The maximum atomic E-state index is 12.0. The summed E-state index contributed by atoms with van der Waals surface area (Å²) in [6.45, 7) is 30.4. The highest BCUT2D eigenvalue weighted by atomic mass is 35.5. The predicted molar refractivity (Wildman–Crippen MR) is 337 cm³/mol. The highest BCUT2D eigenvalue weighted by molar-refractivity contribution is 7.15.